The molecule has 3 aliphatic heterocycles. The zero-order valence-corrected chi connectivity index (χ0v) is 85.4. The molecule has 11 N–H and O–H groups in total. The Morgan fingerprint density at radius 3 is 0.842 bits per heavy atom. The second kappa shape index (κ2) is 127. The number of aliphatic hydroxyl groups is 6. The van der Waals surface area contributed by atoms with Gasteiger partial charge in [-0.05, 0) is 120 Å². The minimum absolute atomic E-state index is 0. The van der Waals surface area contributed by atoms with Gasteiger partial charge in [0.1, 0.15) is 25.4 Å². The molecule has 3 saturated heterocycles. The van der Waals surface area contributed by atoms with Crippen molar-refractivity contribution in [2.75, 3.05) is 323 Å². The number of alkyl halides is 1. The second-order valence-corrected chi connectivity index (χ2v) is 28.1. The van der Waals surface area contributed by atoms with Crippen molar-refractivity contribution in [3.8, 4) is 6.07 Å². The number of allylic oxidation sites excluding steroid dienone is 2. The summed E-state index contributed by atoms with van der Waals surface area (Å²) in [6, 6.07) is 1.69. The number of carbonyl (C=O) groups excluding carboxylic acids is 5. The molecule has 0 aromatic carbocycles. The van der Waals surface area contributed by atoms with Gasteiger partial charge in [-0.2, -0.15) is 5.26 Å². The third-order valence-corrected chi connectivity index (χ3v) is 14.9. The zero-order chi connectivity index (χ0) is 98.6. The first-order valence-electron chi connectivity index (χ1n) is 43.6. The predicted octanol–water partition coefficient (Wildman–Crippen LogP) is 1.21. The van der Waals surface area contributed by atoms with E-state index in [1.54, 1.807) is 26.8 Å². The molecule has 0 aliphatic carbocycles. The number of hydrogen-bond acceptors (Lipinski definition) is 42. The molecule has 0 amide bonds. The molecule has 0 aromatic rings. The third kappa shape index (κ3) is 149. The van der Waals surface area contributed by atoms with Crippen LogP contribution in [-0.2, 0) is 142 Å². The third-order valence-electron chi connectivity index (χ3n) is 14.2. The van der Waals surface area contributed by atoms with Crippen molar-refractivity contribution in [1.29, 1.82) is 5.26 Å². The van der Waals surface area contributed by atoms with Gasteiger partial charge in [-0.15, -0.1) is 11.6 Å². The fourth-order valence-corrected chi connectivity index (χ4v) is 7.59. The van der Waals surface area contributed by atoms with Crippen molar-refractivity contribution in [3.63, 3.8) is 0 Å². The van der Waals surface area contributed by atoms with Crippen LogP contribution in [0.2, 0.25) is 0 Å². The minimum atomic E-state index is -0.463. The van der Waals surface area contributed by atoms with Gasteiger partial charge in [0.15, 0.2) is 0 Å². The molecular formula is C88H170Cl2KN5O37. The summed E-state index contributed by atoms with van der Waals surface area (Å²) in [6.07, 6.45) is 8.31. The molecule has 0 radical (unpaired) electrons. The quantitative estimate of drug-likeness (QED) is 0.00405. The summed E-state index contributed by atoms with van der Waals surface area (Å²) >= 11 is 10.1. The predicted molar refractivity (Wildman–Crippen MR) is 495 cm³/mol. The molecule has 3 rings (SSSR count). The number of carbonyl (C=O) groups is 3. The number of esters is 2. The first-order chi connectivity index (χ1) is 62.7. The molecule has 3 fully saturated rings. The smallest absolute Gasteiger partial charge is 0.870 e. The molecule has 45 heteroatoms. The molecule has 784 valence electrons. The maximum Gasteiger partial charge on any atom is 1.00 e. The maximum atomic E-state index is 11.1. The Kier molecular flexibility index (Phi) is 143. The maximum absolute atomic E-state index is 11.1. The number of nitriles is 1. The zero-order valence-electron chi connectivity index (χ0n) is 80.8. The second-order valence-electron chi connectivity index (χ2n) is 27.4. The van der Waals surface area contributed by atoms with E-state index < -0.39 is 17.2 Å². The van der Waals surface area contributed by atoms with E-state index >= 15 is 0 Å². The van der Waals surface area contributed by atoms with Crippen LogP contribution in [0.5, 0.6) is 0 Å². The number of epoxide rings is 3. The van der Waals surface area contributed by atoms with E-state index in [1.807, 2.05) is 48.5 Å². The van der Waals surface area contributed by atoms with Gasteiger partial charge in [-0.25, -0.2) is 29.2 Å². The summed E-state index contributed by atoms with van der Waals surface area (Å²) in [5.41, 5.74) is 11.8. The van der Waals surface area contributed by atoms with Crippen LogP contribution in [0.1, 0.15) is 102 Å². The van der Waals surface area contributed by atoms with Crippen LogP contribution in [0.4, 0.5) is 0 Å². The standard InChI is InChI=1S/C15H26N2O6.C15H24O6.C13H30N2O4.C13H24O6.3C7H16O4.C4H5ClO.C3H5ClO.C3H3N.CH4.K.H2O/c1-15(23-11-10-21-7-3-5-17-14-19)12-22-9-8-20-6-2-4-16-13-18;1-11(2)14(16)20-7-6-18-10-13(5)19-8-9-21-15(17)12(3)4;1-13(19-11-10-17-7-3-5-15)12-18-9-8-16-6-2-4-14;1-11(17-5-4-16-8-13-10-19-13)6-14-2-3-15-7-12-9-18-12;3*1-7(11-5-3-9)6-10-4-2-8;1-3(2)4(5)6;4-1-3-2-5-3;1-2-3-4;;;/h15H,2-12H2,1H3;13H,1,3,6-10H2,2,4-5H3;13H,2-12,14-15H2,1H3;11-13H,2-10H2,1H3;3*7-9H,2-6H2,1H3;1H2,2H3;3H,1-2H2;2H,1H2;1H4;;1H2/q;;;;;;;;;;;+1;/p-1. The monoisotopic (exact) mass is 2000 g/mol. The number of aliphatic hydroxyl groups excluding tert-OH is 6. The van der Waals surface area contributed by atoms with Crippen molar-refractivity contribution >= 4 is 52.5 Å². The molecule has 0 aromatic heterocycles. The van der Waals surface area contributed by atoms with Crippen molar-refractivity contribution in [3.05, 3.63) is 49.1 Å². The number of nitrogens with zero attached hydrogens (tertiary/aromatic N) is 3. The average molecular weight is 2000 g/mol. The summed E-state index contributed by atoms with van der Waals surface area (Å²) in [7, 11) is 0. The van der Waals surface area contributed by atoms with E-state index in [2.05, 4.69) is 36.3 Å². The van der Waals surface area contributed by atoms with Crippen LogP contribution in [0.3, 0.4) is 0 Å². The van der Waals surface area contributed by atoms with Crippen molar-refractivity contribution in [1.82, 2.24) is 0 Å². The van der Waals surface area contributed by atoms with Gasteiger partial charge < -0.3 is 166 Å². The molecule has 42 nitrogen and oxygen atoms in total. The van der Waals surface area contributed by atoms with Crippen LogP contribution >= 0.6 is 23.2 Å². The molecule has 0 spiro atoms. The fourth-order valence-electron chi connectivity index (χ4n) is 7.42. The van der Waals surface area contributed by atoms with E-state index in [0.717, 1.165) is 32.7 Å². The summed E-state index contributed by atoms with van der Waals surface area (Å²) < 4.78 is 130. The number of halogens is 2. The molecular weight excluding hydrogens is 1830 g/mol. The molecule has 0 saturated carbocycles. The first kappa shape index (κ1) is 150. The Bertz CT molecular complexity index is 2540. The van der Waals surface area contributed by atoms with Crippen molar-refractivity contribution in [2.24, 2.45) is 21.5 Å². The molecule has 3 heterocycles. The van der Waals surface area contributed by atoms with Crippen LogP contribution in [0.25, 0.3) is 0 Å². The minimum Gasteiger partial charge on any atom is -0.870 e. The van der Waals surface area contributed by atoms with Crippen molar-refractivity contribution in [2.45, 2.75) is 163 Å². The van der Waals surface area contributed by atoms with Gasteiger partial charge in [0.2, 0.25) is 17.4 Å². The van der Waals surface area contributed by atoms with E-state index in [0.29, 0.717) is 285 Å². The van der Waals surface area contributed by atoms with Gasteiger partial charge in [0.25, 0.3) is 0 Å². The Hall–Kier alpha value is -3.24. The largest absolute Gasteiger partial charge is 1.00 e. The van der Waals surface area contributed by atoms with Crippen LogP contribution < -0.4 is 62.9 Å². The number of ether oxygens (including phenoxy) is 25. The van der Waals surface area contributed by atoms with E-state index in [1.165, 1.54) is 18.2 Å². The summed E-state index contributed by atoms with van der Waals surface area (Å²) in [5, 5.41) is 57.2. The molecule has 10 atom stereocenters. The summed E-state index contributed by atoms with van der Waals surface area (Å²) in [4.78, 5) is 58.5. The Morgan fingerprint density at radius 1 is 0.398 bits per heavy atom. The topological polar surface area (TPSA) is 578 Å². The molecule has 10 unspecified atom stereocenters. The Balaban J connectivity index is -0.000000163. The van der Waals surface area contributed by atoms with Crippen molar-refractivity contribution < 1.29 is 230 Å². The number of hydrogen-bond donors (Lipinski definition) is 8. The van der Waals surface area contributed by atoms with E-state index in [-0.39, 0.29) is 173 Å². The van der Waals surface area contributed by atoms with Gasteiger partial charge in [-0.3, -0.25) is 4.79 Å². The van der Waals surface area contributed by atoms with Crippen LogP contribution in [-0.4, -0.2) is 449 Å². The summed E-state index contributed by atoms with van der Waals surface area (Å²) in [5.74, 6) is -0.191. The Labute approximate surface area is 844 Å². The Morgan fingerprint density at radius 2 is 0.617 bits per heavy atom. The van der Waals surface area contributed by atoms with Gasteiger partial charge >= 0.3 is 63.3 Å². The normalized spacial score (nSPS) is 14.5. The first-order valence-corrected chi connectivity index (χ1v) is 44.5. The number of rotatable bonds is 79. The number of nitrogens with two attached hydrogens (primary N) is 2. The van der Waals surface area contributed by atoms with Crippen LogP contribution in [0, 0.1) is 11.3 Å². The average Bonchev–Trinajstić information content (AvgIpc) is 1.82. The summed E-state index contributed by atoms with van der Waals surface area (Å²) in [6.45, 7) is 53.3. The fraction of sp³-hybridized carbons (Fsp3) is 0.841. The number of aliphatic imine (C=N–C) groups is 2. The number of isocyanates is 2. The molecule has 133 heavy (non-hydrogen) atoms. The van der Waals surface area contributed by atoms with E-state index in [4.69, 9.17) is 189 Å². The van der Waals surface area contributed by atoms with Gasteiger partial charge in [-0.1, -0.05) is 33.7 Å². The van der Waals surface area contributed by atoms with Gasteiger partial charge in [0.05, 0.1) is 325 Å². The van der Waals surface area contributed by atoms with Crippen LogP contribution in [0.15, 0.2) is 59.1 Å². The molecule has 3 aliphatic rings. The van der Waals surface area contributed by atoms with Gasteiger partial charge in [0, 0.05) is 49.2 Å². The molecule has 0 bridgehead atoms. The SMILES string of the molecule is C.C=C(C)C(=O)Cl.C=C(C)C(=O)OCCOCC(C)OCCOC(=O)C(=C)C.C=CC#N.CC(COCCO)OCCO.CC(COCCO)OCCO.CC(COCCO)OCCO.CC(COCCOCC1CO1)OCCOCC1CO1.CC(COCCOCCCN)OCCOCCCN.CC(COCCOCCCN=C=O)OCCOCCCN=C=O.ClCC1CO1.[K+].[OH-]. The van der Waals surface area contributed by atoms with E-state index in [9.17, 15) is 24.0 Å².